The summed E-state index contributed by atoms with van der Waals surface area (Å²) in [4.78, 5) is 15.1. The van der Waals surface area contributed by atoms with Gasteiger partial charge in [0.15, 0.2) is 17.5 Å². The Hall–Kier alpha value is -3.55. The predicted octanol–water partition coefficient (Wildman–Crippen LogP) is 4.52. The van der Waals surface area contributed by atoms with Crippen molar-refractivity contribution in [1.82, 2.24) is 19.1 Å². The van der Waals surface area contributed by atoms with Crippen LogP contribution in [0.2, 0.25) is 0 Å². The van der Waals surface area contributed by atoms with E-state index in [1.807, 2.05) is 41.9 Å². The van der Waals surface area contributed by atoms with Crippen LogP contribution in [0.5, 0.6) is 0 Å². The molecule has 4 aromatic rings. The molecule has 1 aliphatic heterocycles. The molecule has 5 rings (SSSR count). The topological polar surface area (TPSA) is 42.5 Å². The van der Waals surface area contributed by atoms with E-state index in [0.29, 0.717) is 29.9 Å². The number of amides is 1. The summed E-state index contributed by atoms with van der Waals surface area (Å²) in [6.07, 6.45) is 4.24. The molecule has 0 saturated carbocycles. The predicted molar refractivity (Wildman–Crippen MR) is 109 cm³/mol. The van der Waals surface area contributed by atoms with Crippen molar-refractivity contribution >= 4 is 11.4 Å². The van der Waals surface area contributed by atoms with E-state index < -0.39 is 17.5 Å². The molecule has 0 aliphatic carbocycles. The first-order valence-corrected chi connectivity index (χ1v) is 9.94. The SMILES string of the molecule is C[C@H]1c2nn(C)c(-c3cc(F)c(F)c(F)c3)c2CCN1C(=O)c1cccn2cccc12. The number of nitrogens with zero attached hydrogens (tertiary/aromatic N) is 4. The van der Waals surface area contributed by atoms with Crippen LogP contribution in [0.4, 0.5) is 13.2 Å². The molecule has 1 atom stereocenters. The fraction of sp³-hybridized carbons (Fsp3) is 0.217. The number of halogens is 3. The van der Waals surface area contributed by atoms with Crippen molar-refractivity contribution < 1.29 is 18.0 Å². The van der Waals surface area contributed by atoms with Gasteiger partial charge in [-0.15, -0.1) is 0 Å². The second-order valence-corrected chi connectivity index (χ2v) is 7.74. The average molecular weight is 424 g/mol. The van der Waals surface area contributed by atoms with Gasteiger partial charge in [-0.25, -0.2) is 13.2 Å². The van der Waals surface area contributed by atoms with Crippen LogP contribution in [0.15, 0.2) is 48.8 Å². The van der Waals surface area contributed by atoms with Gasteiger partial charge in [0.25, 0.3) is 5.91 Å². The van der Waals surface area contributed by atoms with Crippen LogP contribution in [-0.4, -0.2) is 31.5 Å². The largest absolute Gasteiger partial charge is 0.330 e. The molecule has 0 spiro atoms. The third-order valence-electron chi connectivity index (χ3n) is 5.96. The number of aryl methyl sites for hydroxylation is 1. The number of benzene rings is 1. The normalized spacial score (nSPS) is 16.0. The Morgan fingerprint density at radius 3 is 2.48 bits per heavy atom. The zero-order valence-corrected chi connectivity index (χ0v) is 16.9. The first kappa shape index (κ1) is 19.4. The summed E-state index contributed by atoms with van der Waals surface area (Å²) in [5, 5.41) is 4.55. The summed E-state index contributed by atoms with van der Waals surface area (Å²) in [6, 6.07) is 9.03. The molecule has 0 bridgehead atoms. The van der Waals surface area contributed by atoms with E-state index in [9.17, 15) is 18.0 Å². The number of hydrogen-bond donors (Lipinski definition) is 0. The summed E-state index contributed by atoms with van der Waals surface area (Å²) in [5.74, 6) is -4.09. The molecule has 31 heavy (non-hydrogen) atoms. The minimum absolute atomic E-state index is 0.103. The summed E-state index contributed by atoms with van der Waals surface area (Å²) in [5.41, 5.74) is 3.65. The molecule has 0 saturated heterocycles. The van der Waals surface area contributed by atoms with Crippen LogP contribution in [0.1, 0.15) is 34.6 Å². The Morgan fingerprint density at radius 1 is 1.10 bits per heavy atom. The average Bonchev–Trinajstić information content (AvgIpc) is 3.35. The number of hydrogen-bond acceptors (Lipinski definition) is 2. The van der Waals surface area contributed by atoms with Crippen molar-refractivity contribution in [2.45, 2.75) is 19.4 Å². The summed E-state index contributed by atoms with van der Waals surface area (Å²) in [6.45, 7) is 2.32. The smallest absolute Gasteiger partial charge is 0.256 e. The zero-order valence-electron chi connectivity index (χ0n) is 16.9. The van der Waals surface area contributed by atoms with Crippen LogP contribution in [-0.2, 0) is 13.5 Å². The van der Waals surface area contributed by atoms with E-state index >= 15 is 0 Å². The Balaban J connectivity index is 1.54. The molecule has 1 amide bonds. The fourth-order valence-corrected chi connectivity index (χ4v) is 4.48. The van der Waals surface area contributed by atoms with E-state index in [-0.39, 0.29) is 17.5 Å². The van der Waals surface area contributed by atoms with Crippen molar-refractivity contribution in [3.8, 4) is 11.3 Å². The minimum atomic E-state index is -1.50. The number of carbonyl (C=O) groups is 1. The lowest BCUT2D eigenvalue weighted by atomic mass is 9.95. The highest BCUT2D eigenvalue weighted by atomic mass is 19.2. The molecular formula is C23H19F3N4O. The standard InChI is InChI=1S/C23H19F3N4O/c1-13-21-16(22(28(2)27-21)14-11-17(24)20(26)18(25)12-14)7-10-30(13)23(31)15-5-3-8-29-9-4-6-19(15)29/h3-6,8-9,11-13H,7,10H2,1-2H3/t13-/m0/s1. The third kappa shape index (κ3) is 2.93. The van der Waals surface area contributed by atoms with Gasteiger partial charge in [-0.2, -0.15) is 5.10 Å². The highest BCUT2D eigenvalue weighted by Gasteiger charge is 2.34. The second-order valence-electron chi connectivity index (χ2n) is 7.74. The van der Waals surface area contributed by atoms with Gasteiger partial charge in [-0.3, -0.25) is 9.48 Å². The van der Waals surface area contributed by atoms with Gasteiger partial charge in [0, 0.05) is 37.1 Å². The highest BCUT2D eigenvalue weighted by Crippen LogP contribution is 2.37. The van der Waals surface area contributed by atoms with E-state index in [1.165, 1.54) is 4.68 Å². The molecule has 4 heterocycles. The monoisotopic (exact) mass is 424 g/mol. The number of rotatable bonds is 2. The highest BCUT2D eigenvalue weighted by molar-refractivity contribution is 6.01. The molecule has 0 radical (unpaired) electrons. The molecular weight excluding hydrogens is 405 g/mol. The van der Waals surface area contributed by atoms with E-state index in [4.69, 9.17) is 0 Å². The van der Waals surface area contributed by atoms with Gasteiger partial charge >= 0.3 is 0 Å². The van der Waals surface area contributed by atoms with Crippen LogP contribution in [0.25, 0.3) is 16.8 Å². The van der Waals surface area contributed by atoms with Crippen LogP contribution >= 0.6 is 0 Å². The van der Waals surface area contributed by atoms with Gasteiger partial charge in [0.05, 0.1) is 28.5 Å². The van der Waals surface area contributed by atoms with E-state index in [1.54, 1.807) is 18.0 Å². The van der Waals surface area contributed by atoms with Crippen molar-refractivity contribution in [3.05, 3.63) is 83.1 Å². The fourth-order valence-electron chi connectivity index (χ4n) is 4.48. The van der Waals surface area contributed by atoms with Gasteiger partial charge < -0.3 is 9.30 Å². The number of pyridine rings is 1. The van der Waals surface area contributed by atoms with Gasteiger partial charge in [-0.1, -0.05) is 0 Å². The van der Waals surface area contributed by atoms with E-state index in [2.05, 4.69) is 5.10 Å². The van der Waals surface area contributed by atoms with Gasteiger partial charge in [0.2, 0.25) is 0 Å². The van der Waals surface area contributed by atoms with Crippen LogP contribution in [0, 0.1) is 17.5 Å². The molecule has 5 nitrogen and oxygen atoms in total. The van der Waals surface area contributed by atoms with Crippen molar-refractivity contribution in [3.63, 3.8) is 0 Å². The molecule has 8 heteroatoms. The second kappa shape index (κ2) is 7.01. The van der Waals surface area contributed by atoms with Crippen molar-refractivity contribution in [2.24, 2.45) is 7.05 Å². The third-order valence-corrected chi connectivity index (χ3v) is 5.96. The Kier molecular flexibility index (Phi) is 4.39. The lowest BCUT2D eigenvalue weighted by Gasteiger charge is -2.33. The maximum absolute atomic E-state index is 13.8. The molecule has 0 fully saturated rings. The lowest BCUT2D eigenvalue weighted by Crippen LogP contribution is -2.39. The number of carbonyl (C=O) groups excluding carboxylic acids is 1. The minimum Gasteiger partial charge on any atom is -0.330 e. The lowest BCUT2D eigenvalue weighted by molar-refractivity contribution is 0.0675. The zero-order chi connectivity index (χ0) is 21.9. The van der Waals surface area contributed by atoms with Crippen molar-refractivity contribution in [1.29, 1.82) is 0 Å². The molecule has 1 aromatic carbocycles. The molecule has 3 aromatic heterocycles. The van der Waals surface area contributed by atoms with Gasteiger partial charge in [0.1, 0.15) is 0 Å². The summed E-state index contributed by atoms with van der Waals surface area (Å²) < 4.78 is 44.5. The quantitative estimate of drug-likeness (QED) is 0.444. The molecule has 0 N–H and O–H groups in total. The Morgan fingerprint density at radius 2 is 1.77 bits per heavy atom. The Bertz CT molecular complexity index is 1320. The number of fused-ring (bicyclic) bond motifs is 2. The molecule has 1 aliphatic rings. The molecule has 158 valence electrons. The number of aromatic nitrogens is 3. The summed E-state index contributed by atoms with van der Waals surface area (Å²) in [7, 11) is 1.67. The summed E-state index contributed by atoms with van der Waals surface area (Å²) >= 11 is 0. The maximum Gasteiger partial charge on any atom is 0.256 e. The van der Waals surface area contributed by atoms with Crippen LogP contribution in [0.3, 0.4) is 0 Å². The first-order chi connectivity index (χ1) is 14.9. The van der Waals surface area contributed by atoms with Crippen LogP contribution < -0.4 is 0 Å². The van der Waals surface area contributed by atoms with Gasteiger partial charge in [-0.05, 0) is 49.7 Å². The first-order valence-electron chi connectivity index (χ1n) is 9.94. The maximum atomic E-state index is 13.8. The van der Waals surface area contributed by atoms with Crippen molar-refractivity contribution in [2.75, 3.05) is 6.54 Å². The Labute approximate surface area is 176 Å². The molecule has 0 unspecified atom stereocenters. The van der Waals surface area contributed by atoms with E-state index in [0.717, 1.165) is 23.2 Å².